The van der Waals surface area contributed by atoms with E-state index in [1.54, 1.807) is 0 Å². The van der Waals surface area contributed by atoms with Gasteiger partial charge in [-0.2, -0.15) is 27.1 Å². The van der Waals surface area contributed by atoms with Gasteiger partial charge >= 0.3 is 18.8 Å². The molecule has 1 aromatic rings. The summed E-state index contributed by atoms with van der Waals surface area (Å²) >= 11 is 0. The first-order valence-electron chi connectivity index (χ1n) is 6.79. The van der Waals surface area contributed by atoms with Crippen LogP contribution < -0.4 is 10.7 Å². The minimum atomic E-state index is -5.06. The van der Waals surface area contributed by atoms with Crippen LogP contribution in [-0.4, -0.2) is 31.2 Å². The molecule has 1 aliphatic heterocycles. The molecule has 3 N–H and O–H groups in total. The Morgan fingerprint density at radius 2 is 2.08 bits per heavy atom. The fraction of sp³-hybridized carbons (Fsp3) is 0.214. The number of hydrogen-bond acceptors (Lipinski definition) is 5. The molecule has 0 aromatic heterocycles. The van der Waals surface area contributed by atoms with E-state index >= 15 is 0 Å². The average molecular weight is 380 g/mol. The summed E-state index contributed by atoms with van der Waals surface area (Å²) in [5.74, 6) is -1.42. The van der Waals surface area contributed by atoms with E-state index in [1.807, 2.05) is 5.43 Å². The van der Waals surface area contributed by atoms with Crippen molar-refractivity contribution in [2.75, 3.05) is 6.61 Å². The first-order chi connectivity index (χ1) is 12.1. The van der Waals surface area contributed by atoms with Gasteiger partial charge in [-0.15, -0.1) is 0 Å². The first-order valence-corrected chi connectivity index (χ1v) is 6.79. The molecule has 0 aliphatic carbocycles. The second kappa shape index (κ2) is 7.45. The number of carbonyl (C=O) groups excluding carboxylic acids is 1. The predicted molar refractivity (Wildman–Crippen MR) is 78.3 cm³/mol. The van der Waals surface area contributed by atoms with Crippen molar-refractivity contribution in [1.29, 1.82) is 5.41 Å². The Bertz CT molecular complexity index is 788. The van der Waals surface area contributed by atoms with E-state index in [4.69, 9.17) is 5.41 Å². The number of hydrogen-bond donors (Lipinski definition) is 3. The fourth-order valence-corrected chi connectivity index (χ4v) is 2.09. The Morgan fingerprint density at radius 3 is 2.58 bits per heavy atom. The van der Waals surface area contributed by atoms with Crippen molar-refractivity contribution in [1.82, 2.24) is 10.7 Å². The third kappa shape index (κ3) is 4.32. The summed E-state index contributed by atoms with van der Waals surface area (Å²) in [6, 6.07) is 1.20. The molecule has 0 unspecified atom stereocenters. The van der Waals surface area contributed by atoms with Crippen molar-refractivity contribution < 1.29 is 35.9 Å². The number of benzene rings is 1. The zero-order valence-corrected chi connectivity index (χ0v) is 12.6. The number of allylic oxidation sites excluding steroid dienone is 1. The molecule has 140 valence electrons. The van der Waals surface area contributed by atoms with Crippen molar-refractivity contribution in [2.24, 2.45) is 5.10 Å². The maximum absolute atomic E-state index is 14.4. The van der Waals surface area contributed by atoms with Crippen LogP contribution in [0, 0.1) is 11.2 Å². The number of cyclic esters (lactones) is 1. The number of alkyl halides is 5. The molecule has 1 heterocycles. The summed E-state index contributed by atoms with van der Waals surface area (Å²) in [5, 5.41) is 12.0. The zero-order valence-electron chi connectivity index (χ0n) is 12.6. The number of nitrogens with zero attached hydrogens (tertiary/aromatic N) is 1. The molecule has 0 fully saturated rings. The van der Waals surface area contributed by atoms with E-state index in [0.29, 0.717) is 24.5 Å². The van der Waals surface area contributed by atoms with E-state index in [1.165, 1.54) is 5.32 Å². The van der Waals surface area contributed by atoms with Gasteiger partial charge in [-0.1, -0.05) is 0 Å². The van der Waals surface area contributed by atoms with Crippen molar-refractivity contribution in [2.45, 2.75) is 12.7 Å². The molecule has 12 heteroatoms. The summed E-state index contributed by atoms with van der Waals surface area (Å²) in [6.07, 6.45) is -5.26. The lowest BCUT2D eigenvalue weighted by Crippen LogP contribution is -2.31. The van der Waals surface area contributed by atoms with Crippen LogP contribution in [0.4, 0.5) is 31.1 Å². The Labute approximate surface area is 142 Å². The van der Waals surface area contributed by atoms with Crippen LogP contribution in [0.1, 0.15) is 16.7 Å². The minimum Gasteiger partial charge on any atom is -0.442 e. The Kier molecular flexibility index (Phi) is 5.53. The number of amides is 1. The number of carbonyl (C=O) groups is 1. The van der Waals surface area contributed by atoms with Gasteiger partial charge in [-0.05, 0) is 12.1 Å². The SMILES string of the molecule is N=C/C(=C\NC(F)F)c1c(F)cc(C2=NNC(=O)OC2)cc1C(F)(F)F. The topological polar surface area (TPSA) is 86.6 Å². The third-order valence-electron chi connectivity index (χ3n) is 3.16. The number of hydrazone groups is 1. The molecule has 0 spiro atoms. The van der Waals surface area contributed by atoms with Crippen LogP contribution in [0.15, 0.2) is 23.4 Å². The predicted octanol–water partition coefficient (Wildman–Crippen LogP) is 3.09. The van der Waals surface area contributed by atoms with E-state index < -0.39 is 47.9 Å². The molecule has 0 atom stereocenters. The number of halogens is 6. The van der Waals surface area contributed by atoms with Crippen molar-refractivity contribution in [3.8, 4) is 0 Å². The highest BCUT2D eigenvalue weighted by atomic mass is 19.4. The summed E-state index contributed by atoms with van der Waals surface area (Å²) in [5.41, 5.74) is -1.95. The van der Waals surface area contributed by atoms with Crippen LogP contribution in [0.25, 0.3) is 5.57 Å². The summed E-state index contributed by atoms with van der Waals surface area (Å²) < 4.78 is 83.4. The largest absolute Gasteiger partial charge is 0.442 e. The van der Waals surface area contributed by atoms with E-state index in [2.05, 4.69) is 9.84 Å². The van der Waals surface area contributed by atoms with Crippen molar-refractivity contribution in [3.05, 3.63) is 40.8 Å². The molecule has 0 saturated carbocycles. The molecular formula is C14H10F6N4O2. The lowest BCUT2D eigenvalue weighted by molar-refractivity contribution is -0.138. The van der Waals surface area contributed by atoms with Gasteiger partial charge in [0.2, 0.25) is 0 Å². The molecule has 1 aliphatic rings. The number of rotatable bonds is 5. The van der Waals surface area contributed by atoms with Crippen LogP contribution in [0.3, 0.4) is 0 Å². The van der Waals surface area contributed by atoms with Gasteiger partial charge in [0.05, 0.1) is 5.56 Å². The van der Waals surface area contributed by atoms with Crippen LogP contribution >= 0.6 is 0 Å². The molecule has 0 saturated heterocycles. The van der Waals surface area contributed by atoms with E-state index in [0.717, 1.165) is 0 Å². The van der Waals surface area contributed by atoms with Crippen molar-refractivity contribution >= 4 is 23.6 Å². The van der Waals surface area contributed by atoms with Crippen molar-refractivity contribution in [3.63, 3.8) is 0 Å². The van der Waals surface area contributed by atoms with Crippen LogP contribution in [0.5, 0.6) is 0 Å². The number of ether oxygens (including phenoxy) is 1. The maximum Gasteiger partial charge on any atom is 0.428 e. The van der Waals surface area contributed by atoms with Crippen LogP contribution in [0.2, 0.25) is 0 Å². The molecule has 1 aromatic carbocycles. The van der Waals surface area contributed by atoms with Gasteiger partial charge in [0, 0.05) is 29.1 Å². The highest BCUT2D eigenvalue weighted by Crippen LogP contribution is 2.37. The van der Waals surface area contributed by atoms with Crippen LogP contribution in [-0.2, 0) is 10.9 Å². The molecule has 0 radical (unpaired) electrons. The molecular weight excluding hydrogens is 370 g/mol. The molecule has 1 amide bonds. The third-order valence-corrected chi connectivity index (χ3v) is 3.16. The summed E-state index contributed by atoms with van der Waals surface area (Å²) in [6.45, 7) is -3.60. The smallest absolute Gasteiger partial charge is 0.428 e. The monoisotopic (exact) mass is 380 g/mol. The zero-order chi connectivity index (χ0) is 19.5. The van der Waals surface area contributed by atoms with Gasteiger partial charge in [0.1, 0.15) is 18.1 Å². The fourth-order valence-electron chi connectivity index (χ4n) is 2.09. The van der Waals surface area contributed by atoms with E-state index in [-0.39, 0.29) is 11.3 Å². The Hall–Kier alpha value is -3.05. The Morgan fingerprint density at radius 1 is 1.38 bits per heavy atom. The van der Waals surface area contributed by atoms with Gasteiger partial charge in [0.15, 0.2) is 0 Å². The molecule has 2 rings (SSSR count). The minimum absolute atomic E-state index is 0.174. The summed E-state index contributed by atoms with van der Waals surface area (Å²) in [7, 11) is 0. The second-order valence-corrected chi connectivity index (χ2v) is 4.84. The Balaban J connectivity index is 2.61. The standard InChI is InChI=1S/C14H10F6N4O2/c15-9-2-6(10-5-26-13(25)24-23-10)1-8(14(18,19)20)11(9)7(3-21)4-22-12(16)17/h1-4,12,21-22H,5H2,(H,24,25)/b7-4+,21-3?. The quantitative estimate of drug-likeness (QED) is 0.417. The maximum atomic E-state index is 14.4. The first kappa shape index (κ1) is 19.3. The van der Waals surface area contributed by atoms with E-state index in [9.17, 15) is 31.1 Å². The number of nitrogens with one attached hydrogen (secondary N) is 3. The molecule has 0 bridgehead atoms. The summed E-state index contributed by atoms with van der Waals surface area (Å²) in [4.78, 5) is 10.8. The second-order valence-electron chi connectivity index (χ2n) is 4.84. The van der Waals surface area contributed by atoms with Gasteiger partial charge in [-0.25, -0.2) is 14.6 Å². The lowest BCUT2D eigenvalue weighted by Gasteiger charge is -2.18. The normalized spacial score (nSPS) is 15.3. The highest BCUT2D eigenvalue weighted by Gasteiger charge is 2.36. The molecule has 6 nitrogen and oxygen atoms in total. The molecule has 26 heavy (non-hydrogen) atoms. The average Bonchev–Trinajstić information content (AvgIpc) is 2.55. The lowest BCUT2D eigenvalue weighted by atomic mass is 9.95. The van der Waals surface area contributed by atoms with Gasteiger partial charge < -0.3 is 15.5 Å². The highest BCUT2D eigenvalue weighted by molar-refractivity contribution is 6.10. The van der Waals surface area contributed by atoms with Gasteiger partial charge in [0.25, 0.3) is 0 Å². The van der Waals surface area contributed by atoms with Gasteiger partial charge in [-0.3, -0.25) is 0 Å².